The quantitative estimate of drug-likeness (QED) is 0.704. The van der Waals surface area contributed by atoms with Gasteiger partial charge < -0.3 is 4.74 Å². The highest BCUT2D eigenvalue weighted by Gasteiger charge is 2.16. The molecule has 0 bridgehead atoms. The number of hydrogen-bond acceptors (Lipinski definition) is 2. The molecule has 1 unspecified atom stereocenters. The van der Waals surface area contributed by atoms with Crippen molar-refractivity contribution in [2.24, 2.45) is 0 Å². The Labute approximate surface area is 112 Å². The molecule has 0 aliphatic rings. The lowest BCUT2D eigenvalue weighted by atomic mass is 10.0. The normalized spacial score (nSPS) is 12.2. The van der Waals surface area contributed by atoms with Gasteiger partial charge in [0.15, 0.2) is 0 Å². The van der Waals surface area contributed by atoms with E-state index >= 15 is 0 Å². The summed E-state index contributed by atoms with van der Waals surface area (Å²) in [6, 6.07) is 4.52. The van der Waals surface area contributed by atoms with Crippen molar-refractivity contribution in [2.45, 2.75) is 45.6 Å². The van der Waals surface area contributed by atoms with Gasteiger partial charge >= 0.3 is 5.97 Å². The molecule has 0 N–H and O–H groups in total. The molecular weight excluding hydrogens is 255 g/mol. The van der Waals surface area contributed by atoms with Crippen molar-refractivity contribution in [3.8, 4) is 0 Å². The highest BCUT2D eigenvalue weighted by Crippen LogP contribution is 2.26. The van der Waals surface area contributed by atoms with Crippen molar-refractivity contribution < 1.29 is 13.9 Å². The third-order valence-electron chi connectivity index (χ3n) is 2.59. The monoisotopic (exact) mass is 272 g/mol. The molecule has 2 nitrogen and oxygen atoms in total. The fraction of sp³-hybridized carbons (Fsp3) is 0.500. The Bertz CT molecular complexity index is 407. The summed E-state index contributed by atoms with van der Waals surface area (Å²) in [6.07, 6.45) is 2.27. The second kappa shape index (κ2) is 7.37. The molecule has 0 saturated heterocycles. The lowest BCUT2D eigenvalue weighted by molar-refractivity contribution is -0.149. The van der Waals surface area contributed by atoms with Crippen LogP contribution in [-0.4, -0.2) is 5.97 Å². The van der Waals surface area contributed by atoms with Crippen LogP contribution < -0.4 is 0 Å². The maximum Gasteiger partial charge on any atom is 0.306 e. The smallest absolute Gasteiger partial charge is 0.306 e. The van der Waals surface area contributed by atoms with E-state index in [1.165, 1.54) is 12.1 Å². The number of halogens is 2. The van der Waals surface area contributed by atoms with E-state index in [-0.39, 0.29) is 17.1 Å². The van der Waals surface area contributed by atoms with E-state index in [0.29, 0.717) is 18.4 Å². The van der Waals surface area contributed by atoms with Crippen LogP contribution in [0.3, 0.4) is 0 Å². The summed E-state index contributed by atoms with van der Waals surface area (Å²) in [4.78, 5) is 11.5. The van der Waals surface area contributed by atoms with Crippen molar-refractivity contribution in [2.75, 3.05) is 0 Å². The van der Waals surface area contributed by atoms with Crippen LogP contribution in [0.5, 0.6) is 0 Å². The van der Waals surface area contributed by atoms with E-state index in [4.69, 9.17) is 16.3 Å². The second-order valence-electron chi connectivity index (χ2n) is 4.19. The lowest BCUT2D eigenvalue weighted by Crippen LogP contribution is -2.11. The standard InChI is InChI=1S/C14H18ClFO2/c1-3-5-13(18-14(17)6-4-2)10-7-8-11(15)12(16)9-10/h7-9,13H,3-6H2,1-2H3. The van der Waals surface area contributed by atoms with E-state index in [2.05, 4.69) is 0 Å². The number of carbonyl (C=O) groups excluding carboxylic acids is 1. The first-order valence-electron chi connectivity index (χ1n) is 6.22. The molecule has 0 aliphatic heterocycles. The molecule has 0 aliphatic carbocycles. The lowest BCUT2D eigenvalue weighted by Gasteiger charge is -2.18. The maximum absolute atomic E-state index is 13.4. The van der Waals surface area contributed by atoms with Gasteiger partial charge in [-0.05, 0) is 30.5 Å². The van der Waals surface area contributed by atoms with Gasteiger partial charge in [0.25, 0.3) is 0 Å². The maximum atomic E-state index is 13.4. The second-order valence-corrected chi connectivity index (χ2v) is 4.60. The predicted octanol–water partition coefficient (Wildman–Crippen LogP) is 4.66. The van der Waals surface area contributed by atoms with Crippen molar-refractivity contribution in [1.29, 1.82) is 0 Å². The average molecular weight is 273 g/mol. The van der Waals surface area contributed by atoms with Crippen molar-refractivity contribution in [3.05, 3.63) is 34.6 Å². The first-order valence-corrected chi connectivity index (χ1v) is 6.60. The topological polar surface area (TPSA) is 26.3 Å². The average Bonchev–Trinajstić information content (AvgIpc) is 2.32. The molecule has 4 heteroatoms. The minimum Gasteiger partial charge on any atom is -0.457 e. The molecule has 1 rings (SSSR count). The number of carbonyl (C=O) groups is 1. The van der Waals surface area contributed by atoms with Gasteiger partial charge in [0.1, 0.15) is 11.9 Å². The zero-order chi connectivity index (χ0) is 13.5. The number of benzene rings is 1. The van der Waals surface area contributed by atoms with E-state index in [1.807, 2.05) is 13.8 Å². The van der Waals surface area contributed by atoms with Crippen LogP contribution in [0.4, 0.5) is 4.39 Å². The molecule has 0 aromatic heterocycles. The molecule has 1 aromatic rings. The van der Waals surface area contributed by atoms with E-state index in [0.717, 1.165) is 12.8 Å². The summed E-state index contributed by atoms with van der Waals surface area (Å²) < 4.78 is 18.8. The van der Waals surface area contributed by atoms with Crippen LogP contribution >= 0.6 is 11.6 Å². The molecule has 0 saturated carbocycles. The van der Waals surface area contributed by atoms with Gasteiger partial charge in [-0.15, -0.1) is 0 Å². The third kappa shape index (κ3) is 4.30. The molecule has 0 heterocycles. The van der Waals surface area contributed by atoms with Crippen LogP contribution in [-0.2, 0) is 9.53 Å². The predicted molar refractivity (Wildman–Crippen MR) is 70.1 cm³/mol. The summed E-state index contributed by atoms with van der Waals surface area (Å²) in [5.74, 6) is -0.729. The van der Waals surface area contributed by atoms with Crippen LogP contribution in [0.1, 0.15) is 51.2 Å². The summed E-state index contributed by atoms with van der Waals surface area (Å²) in [5, 5.41) is 0.0777. The van der Waals surface area contributed by atoms with Gasteiger partial charge in [-0.3, -0.25) is 4.79 Å². The Kier molecular flexibility index (Phi) is 6.13. The Morgan fingerprint density at radius 2 is 2.11 bits per heavy atom. The fourth-order valence-electron chi connectivity index (χ4n) is 1.69. The van der Waals surface area contributed by atoms with Crippen LogP contribution in [0.2, 0.25) is 5.02 Å². The van der Waals surface area contributed by atoms with E-state index < -0.39 is 5.82 Å². The number of hydrogen-bond donors (Lipinski definition) is 0. The highest BCUT2D eigenvalue weighted by atomic mass is 35.5. The molecule has 0 fully saturated rings. The zero-order valence-corrected chi connectivity index (χ0v) is 11.5. The first-order chi connectivity index (χ1) is 8.58. The van der Waals surface area contributed by atoms with Gasteiger partial charge in [-0.1, -0.05) is 37.9 Å². The third-order valence-corrected chi connectivity index (χ3v) is 2.90. The molecule has 0 amide bonds. The number of ether oxygens (including phenoxy) is 1. The van der Waals surface area contributed by atoms with E-state index in [9.17, 15) is 9.18 Å². The summed E-state index contributed by atoms with van der Waals surface area (Å²) >= 11 is 5.64. The van der Waals surface area contributed by atoms with Crippen molar-refractivity contribution in [3.63, 3.8) is 0 Å². The fourth-order valence-corrected chi connectivity index (χ4v) is 1.81. The Balaban J connectivity index is 2.82. The van der Waals surface area contributed by atoms with Crippen LogP contribution in [0.25, 0.3) is 0 Å². The first kappa shape index (κ1) is 15.0. The van der Waals surface area contributed by atoms with Gasteiger partial charge in [-0.25, -0.2) is 4.39 Å². The molecule has 1 atom stereocenters. The van der Waals surface area contributed by atoms with E-state index in [1.54, 1.807) is 6.07 Å². The molecule has 18 heavy (non-hydrogen) atoms. The number of rotatable bonds is 6. The molecule has 100 valence electrons. The van der Waals surface area contributed by atoms with Crippen LogP contribution in [0, 0.1) is 5.82 Å². The molecule has 0 spiro atoms. The Morgan fingerprint density at radius 1 is 1.39 bits per heavy atom. The van der Waals surface area contributed by atoms with Crippen molar-refractivity contribution >= 4 is 17.6 Å². The molecular formula is C14H18ClFO2. The summed E-state index contributed by atoms with van der Waals surface area (Å²) in [5.41, 5.74) is 0.656. The van der Waals surface area contributed by atoms with Gasteiger partial charge in [0, 0.05) is 6.42 Å². The Morgan fingerprint density at radius 3 is 2.67 bits per heavy atom. The minimum atomic E-state index is -0.484. The highest BCUT2D eigenvalue weighted by molar-refractivity contribution is 6.30. The minimum absolute atomic E-state index is 0.0777. The van der Waals surface area contributed by atoms with Gasteiger partial charge in [-0.2, -0.15) is 0 Å². The van der Waals surface area contributed by atoms with Crippen LogP contribution in [0.15, 0.2) is 18.2 Å². The zero-order valence-electron chi connectivity index (χ0n) is 10.7. The SMILES string of the molecule is CCCC(=O)OC(CCC)c1ccc(Cl)c(F)c1. The Hall–Kier alpha value is -1.09. The van der Waals surface area contributed by atoms with Gasteiger partial charge in [0.2, 0.25) is 0 Å². The largest absolute Gasteiger partial charge is 0.457 e. The van der Waals surface area contributed by atoms with Crippen molar-refractivity contribution in [1.82, 2.24) is 0 Å². The summed E-state index contributed by atoms with van der Waals surface area (Å²) in [7, 11) is 0. The molecule has 1 aromatic carbocycles. The number of esters is 1. The summed E-state index contributed by atoms with van der Waals surface area (Å²) in [6.45, 7) is 3.91. The van der Waals surface area contributed by atoms with Gasteiger partial charge in [0.05, 0.1) is 5.02 Å². The molecule has 0 radical (unpaired) electrons.